The molecule has 0 N–H and O–H groups in total. The van der Waals surface area contributed by atoms with E-state index in [-0.39, 0.29) is 5.78 Å². The Morgan fingerprint density at radius 1 is 1.56 bits per heavy atom. The zero-order chi connectivity index (χ0) is 7.28. The summed E-state index contributed by atoms with van der Waals surface area (Å²) in [6, 6.07) is 0. The lowest BCUT2D eigenvalue weighted by Gasteiger charge is -1.81. The molecule has 0 fully saturated rings. The SMILES string of the molecule is C/C=C/C(=O)/C=C(\C)Br. The molecule has 0 aromatic heterocycles. The molecular formula is C7H9BrO. The molecule has 0 saturated heterocycles. The van der Waals surface area contributed by atoms with Crippen LogP contribution in [0.1, 0.15) is 13.8 Å². The van der Waals surface area contributed by atoms with Crippen molar-refractivity contribution in [2.45, 2.75) is 13.8 Å². The van der Waals surface area contributed by atoms with Gasteiger partial charge in [0.2, 0.25) is 0 Å². The van der Waals surface area contributed by atoms with E-state index in [4.69, 9.17) is 0 Å². The van der Waals surface area contributed by atoms with Gasteiger partial charge in [0.25, 0.3) is 0 Å². The number of hydrogen-bond acceptors (Lipinski definition) is 1. The Labute approximate surface area is 63.6 Å². The molecule has 0 amide bonds. The smallest absolute Gasteiger partial charge is 0.179 e. The van der Waals surface area contributed by atoms with Crippen molar-refractivity contribution in [2.75, 3.05) is 0 Å². The van der Waals surface area contributed by atoms with E-state index in [1.165, 1.54) is 12.2 Å². The first-order chi connectivity index (χ1) is 4.16. The fraction of sp³-hybridized carbons (Fsp3) is 0.286. The Bertz CT molecular complexity index is 152. The predicted molar refractivity (Wildman–Crippen MR) is 42.5 cm³/mol. The Balaban J connectivity index is 3.93. The molecule has 2 heteroatoms. The Morgan fingerprint density at radius 3 is 2.44 bits per heavy atom. The highest BCUT2D eigenvalue weighted by atomic mass is 79.9. The van der Waals surface area contributed by atoms with Crippen LogP contribution < -0.4 is 0 Å². The minimum atomic E-state index is 0.0203. The summed E-state index contributed by atoms with van der Waals surface area (Å²) >= 11 is 3.15. The highest BCUT2D eigenvalue weighted by Gasteiger charge is 1.87. The molecule has 0 spiro atoms. The molecule has 1 nitrogen and oxygen atoms in total. The summed E-state index contributed by atoms with van der Waals surface area (Å²) in [6.07, 6.45) is 4.76. The molecule has 0 heterocycles. The number of carbonyl (C=O) groups excluding carboxylic acids is 1. The number of rotatable bonds is 2. The van der Waals surface area contributed by atoms with Crippen LogP contribution in [-0.4, -0.2) is 5.78 Å². The van der Waals surface area contributed by atoms with Crippen molar-refractivity contribution in [1.29, 1.82) is 0 Å². The third-order valence-electron chi connectivity index (χ3n) is 0.672. The number of hydrogen-bond donors (Lipinski definition) is 0. The van der Waals surface area contributed by atoms with Crippen LogP contribution in [0.3, 0.4) is 0 Å². The van der Waals surface area contributed by atoms with E-state index in [1.807, 2.05) is 13.8 Å². The van der Waals surface area contributed by atoms with E-state index in [0.717, 1.165) is 4.48 Å². The summed E-state index contributed by atoms with van der Waals surface area (Å²) < 4.78 is 0.852. The molecule has 0 atom stereocenters. The van der Waals surface area contributed by atoms with Gasteiger partial charge in [0, 0.05) is 0 Å². The Hall–Kier alpha value is -0.370. The van der Waals surface area contributed by atoms with Crippen molar-refractivity contribution in [3.05, 3.63) is 22.7 Å². The standard InChI is InChI=1S/C7H9BrO/c1-3-4-7(9)5-6(2)8/h3-5H,1-2H3/b4-3+,6-5+. The first-order valence-corrected chi connectivity index (χ1v) is 3.46. The van der Waals surface area contributed by atoms with E-state index in [0.29, 0.717) is 0 Å². The summed E-state index contributed by atoms with van der Waals surface area (Å²) in [5.74, 6) is 0.0203. The summed E-state index contributed by atoms with van der Waals surface area (Å²) in [4.78, 5) is 10.7. The van der Waals surface area contributed by atoms with E-state index in [9.17, 15) is 4.79 Å². The van der Waals surface area contributed by atoms with Gasteiger partial charge in [0.15, 0.2) is 5.78 Å². The minimum Gasteiger partial charge on any atom is -0.290 e. The van der Waals surface area contributed by atoms with E-state index >= 15 is 0 Å². The van der Waals surface area contributed by atoms with Crippen LogP contribution in [0, 0.1) is 0 Å². The van der Waals surface area contributed by atoms with E-state index in [1.54, 1.807) is 6.08 Å². The second-order valence-corrected chi connectivity index (χ2v) is 2.88. The molecule has 0 aromatic carbocycles. The predicted octanol–water partition coefficient (Wildman–Crippen LogP) is 2.43. The molecule has 0 unspecified atom stereocenters. The molecule has 50 valence electrons. The fourth-order valence-electron chi connectivity index (χ4n) is 0.408. The molecule has 0 rings (SSSR count). The van der Waals surface area contributed by atoms with Crippen LogP contribution in [0.15, 0.2) is 22.7 Å². The molecule has 0 bridgehead atoms. The van der Waals surface area contributed by atoms with E-state index in [2.05, 4.69) is 15.9 Å². The summed E-state index contributed by atoms with van der Waals surface area (Å²) in [5.41, 5.74) is 0. The van der Waals surface area contributed by atoms with Crippen molar-refractivity contribution in [3.63, 3.8) is 0 Å². The maximum absolute atomic E-state index is 10.7. The van der Waals surface area contributed by atoms with Gasteiger partial charge in [-0.25, -0.2) is 0 Å². The first-order valence-electron chi connectivity index (χ1n) is 2.67. The number of ketones is 1. The van der Waals surface area contributed by atoms with Crippen molar-refractivity contribution < 1.29 is 4.79 Å². The lowest BCUT2D eigenvalue weighted by atomic mass is 10.3. The van der Waals surface area contributed by atoms with Gasteiger partial charge >= 0.3 is 0 Å². The summed E-state index contributed by atoms with van der Waals surface area (Å²) in [6.45, 7) is 3.64. The third-order valence-corrected chi connectivity index (χ3v) is 0.901. The fourth-order valence-corrected chi connectivity index (χ4v) is 0.634. The Kier molecular flexibility index (Phi) is 4.32. The normalized spacial score (nSPS) is 12.6. The van der Waals surface area contributed by atoms with Crippen LogP contribution >= 0.6 is 15.9 Å². The van der Waals surface area contributed by atoms with Crippen LogP contribution in [0.5, 0.6) is 0 Å². The van der Waals surface area contributed by atoms with Crippen molar-refractivity contribution in [2.24, 2.45) is 0 Å². The first kappa shape index (κ1) is 8.63. The van der Waals surface area contributed by atoms with Gasteiger partial charge in [-0.05, 0) is 30.5 Å². The molecular weight excluding hydrogens is 180 g/mol. The zero-order valence-corrected chi connectivity index (χ0v) is 7.10. The number of halogens is 1. The van der Waals surface area contributed by atoms with Gasteiger partial charge < -0.3 is 0 Å². The second kappa shape index (κ2) is 4.50. The van der Waals surface area contributed by atoms with Crippen LogP contribution in [0.4, 0.5) is 0 Å². The molecule has 0 aliphatic heterocycles. The summed E-state index contributed by atoms with van der Waals surface area (Å²) in [5, 5.41) is 0. The Morgan fingerprint density at radius 2 is 2.11 bits per heavy atom. The lowest BCUT2D eigenvalue weighted by Crippen LogP contribution is -1.83. The average Bonchev–Trinajstić information content (AvgIpc) is 1.63. The van der Waals surface area contributed by atoms with Crippen molar-refractivity contribution in [1.82, 2.24) is 0 Å². The molecule has 0 aromatic rings. The molecule has 9 heavy (non-hydrogen) atoms. The van der Waals surface area contributed by atoms with Crippen molar-refractivity contribution in [3.8, 4) is 0 Å². The highest BCUT2D eigenvalue weighted by Crippen LogP contribution is 2.01. The van der Waals surface area contributed by atoms with Crippen LogP contribution in [0.2, 0.25) is 0 Å². The van der Waals surface area contributed by atoms with Crippen molar-refractivity contribution >= 4 is 21.7 Å². The zero-order valence-electron chi connectivity index (χ0n) is 5.52. The van der Waals surface area contributed by atoms with Gasteiger partial charge in [-0.1, -0.05) is 22.0 Å². The highest BCUT2D eigenvalue weighted by molar-refractivity contribution is 9.11. The number of carbonyl (C=O) groups is 1. The monoisotopic (exact) mass is 188 g/mol. The topological polar surface area (TPSA) is 17.1 Å². The molecule has 0 aliphatic carbocycles. The molecule has 0 radical (unpaired) electrons. The molecule has 0 saturated carbocycles. The van der Waals surface area contributed by atoms with Gasteiger partial charge in [-0.2, -0.15) is 0 Å². The second-order valence-electron chi connectivity index (χ2n) is 1.63. The van der Waals surface area contributed by atoms with Crippen LogP contribution in [0.25, 0.3) is 0 Å². The average molecular weight is 189 g/mol. The van der Waals surface area contributed by atoms with Gasteiger partial charge in [-0.15, -0.1) is 0 Å². The van der Waals surface area contributed by atoms with Gasteiger partial charge in [0.05, 0.1) is 0 Å². The van der Waals surface area contributed by atoms with Gasteiger partial charge in [0.1, 0.15) is 0 Å². The largest absolute Gasteiger partial charge is 0.290 e. The minimum absolute atomic E-state index is 0.0203. The quantitative estimate of drug-likeness (QED) is 0.609. The maximum Gasteiger partial charge on any atom is 0.179 e. The van der Waals surface area contributed by atoms with Crippen LogP contribution in [-0.2, 0) is 4.79 Å². The third kappa shape index (κ3) is 5.50. The number of allylic oxidation sites excluding steroid dienone is 4. The van der Waals surface area contributed by atoms with Gasteiger partial charge in [-0.3, -0.25) is 4.79 Å². The van der Waals surface area contributed by atoms with E-state index < -0.39 is 0 Å². The molecule has 0 aliphatic rings. The lowest BCUT2D eigenvalue weighted by molar-refractivity contribution is -0.110. The summed E-state index contributed by atoms with van der Waals surface area (Å²) in [7, 11) is 0. The maximum atomic E-state index is 10.7.